The van der Waals surface area contributed by atoms with Crippen LogP contribution in [-0.4, -0.2) is 37.2 Å². The van der Waals surface area contributed by atoms with Crippen molar-refractivity contribution in [2.45, 2.75) is 361 Å². The molecule has 0 spiro atoms. The average molecular weight is 1030 g/mol. The number of ether oxygens (including phenoxy) is 3. The van der Waals surface area contributed by atoms with Crippen molar-refractivity contribution in [1.29, 1.82) is 0 Å². The lowest BCUT2D eigenvalue weighted by atomic mass is 10.0. The Kier molecular flexibility index (Phi) is 60.2. The summed E-state index contributed by atoms with van der Waals surface area (Å²) in [5, 5.41) is 0. The molecular formula is C67H124O6. The van der Waals surface area contributed by atoms with E-state index in [2.05, 4.69) is 57.2 Å². The molecule has 0 radical (unpaired) electrons. The van der Waals surface area contributed by atoms with Crippen molar-refractivity contribution in [1.82, 2.24) is 0 Å². The van der Waals surface area contributed by atoms with Crippen LogP contribution in [0.25, 0.3) is 0 Å². The molecule has 0 bridgehead atoms. The van der Waals surface area contributed by atoms with Gasteiger partial charge in [0.25, 0.3) is 0 Å². The molecule has 0 aromatic carbocycles. The van der Waals surface area contributed by atoms with Crippen LogP contribution in [0.3, 0.4) is 0 Å². The molecular weight excluding hydrogens is 901 g/mol. The lowest BCUT2D eigenvalue weighted by molar-refractivity contribution is -0.167. The van der Waals surface area contributed by atoms with E-state index < -0.39 is 6.10 Å². The van der Waals surface area contributed by atoms with Crippen molar-refractivity contribution in [3.63, 3.8) is 0 Å². The van der Waals surface area contributed by atoms with E-state index in [1.54, 1.807) is 0 Å². The number of unbranched alkanes of at least 4 members (excludes halogenated alkanes) is 43. The Labute approximate surface area is 455 Å². The lowest BCUT2D eigenvalue weighted by Crippen LogP contribution is -2.30. The molecule has 6 nitrogen and oxygen atoms in total. The van der Waals surface area contributed by atoms with Crippen LogP contribution in [0, 0.1) is 0 Å². The molecule has 0 aliphatic carbocycles. The van der Waals surface area contributed by atoms with Gasteiger partial charge in [-0.05, 0) is 77.0 Å². The molecule has 6 heteroatoms. The van der Waals surface area contributed by atoms with Gasteiger partial charge in [0.1, 0.15) is 13.2 Å². The zero-order chi connectivity index (χ0) is 52.9. The van der Waals surface area contributed by atoms with Gasteiger partial charge in [-0.25, -0.2) is 0 Å². The fourth-order valence-corrected chi connectivity index (χ4v) is 9.71. The second kappa shape index (κ2) is 62.2. The highest BCUT2D eigenvalue weighted by atomic mass is 16.6. The van der Waals surface area contributed by atoms with Crippen LogP contribution in [0.4, 0.5) is 0 Å². The summed E-state index contributed by atoms with van der Waals surface area (Å²) in [6, 6.07) is 0. The SMILES string of the molecule is CCCCCCC/C=C\C/C=C\CCCCCCCCCCCCCCCC(=O)OCC(COC(=O)CCCCCCCCCCCCCCC)OC(=O)CCCCCCCCC/C=C\CCCCCCCC. The third-order valence-corrected chi connectivity index (χ3v) is 14.6. The maximum absolute atomic E-state index is 12.9. The summed E-state index contributed by atoms with van der Waals surface area (Å²) < 4.78 is 16.9. The van der Waals surface area contributed by atoms with E-state index in [9.17, 15) is 14.4 Å². The Morgan fingerprint density at radius 2 is 0.493 bits per heavy atom. The minimum atomic E-state index is -0.772. The smallest absolute Gasteiger partial charge is 0.306 e. The summed E-state index contributed by atoms with van der Waals surface area (Å²) in [5.74, 6) is -0.851. The van der Waals surface area contributed by atoms with Crippen LogP contribution >= 0.6 is 0 Å². The van der Waals surface area contributed by atoms with Crippen LogP contribution in [0.5, 0.6) is 0 Å². The predicted octanol–water partition coefficient (Wildman–Crippen LogP) is 22.0. The molecule has 0 aliphatic rings. The van der Waals surface area contributed by atoms with Crippen LogP contribution in [0.1, 0.15) is 355 Å². The summed E-state index contributed by atoms with van der Waals surface area (Å²) in [7, 11) is 0. The third-order valence-electron chi connectivity index (χ3n) is 14.6. The number of hydrogen-bond acceptors (Lipinski definition) is 6. The van der Waals surface area contributed by atoms with Gasteiger partial charge in [0, 0.05) is 19.3 Å². The maximum atomic E-state index is 12.9. The Hall–Kier alpha value is -2.37. The number of hydrogen-bond donors (Lipinski definition) is 0. The summed E-state index contributed by atoms with van der Waals surface area (Å²) in [5.41, 5.74) is 0. The number of rotatable bonds is 60. The van der Waals surface area contributed by atoms with Crippen molar-refractivity contribution in [2.75, 3.05) is 13.2 Å². The van der Waals surface area contributed by atoms with Gasteiger partial charge in [-0.2, -0.15) is 0 Å². The van der Waals surface area contributed by atoms with E-state index >= 15 is 0 Å². The highest BCUT2D eigenvalue weighted by Crippen LogP contribution is 2.17. The monoisotopic (exact) mass is 1020 g/mol. The Bertz CT molecular complexity index is 1220. The quantitative estimate of drug-likeness (QED) is 0.0261. The largest absolute Gasteiger partial charge is 0.462 e. The minimum absolute atomic E-state index is 0.0693. The topological polar surface area (TPSA) is 78.9 Å². The van der Waals surface area contributed by atoms with Crippen molar-refractivity contribution >= 4 is 17.9 Å². The fourth-order valence-electron chi connectivity index (χ4n) is 9.71. The number of esters is 3. The lowest BCUT2D eigenvalue weighted by Gasteiger charge is -2.18. The summed E-state index contributed by atoms with van der Waals surface area (Å²) >= 11 is 0. The second-order valence-corrected chi connectivity index (χ2v) is 22.0. The molecule has 1 atom stereocenters. The van der Waals surface area contributed by atoms with Crippen molar-refractivity contribution < 1.29 is 28.6 Å². The van der Waals surface area contributed by atoms with Crippen molar-refractivity contribution in [3.8, 4) is 0 Å². The van der Waals surface area contributed by atoms with E-state index in [-0.39, 0.29) is 31.1 Å². The van der Waals surface area contributed by atoms with Gasteiger partial charge in [-0.1, -0.05) is 295 Å². The molecule has 0 saturated carbocycles. The van der Waals surface area contributed by atoms with E-state index in [1.165, 1.54) is 250 Å². The average Bonchev–Trinajstić information content (AvgIpc) is 3.39. The predicted molar refractivity (Wildman–Crippen MR) is 316 cm³/mol. The molecule has 0 saturated heterocycles. The first-order chi connectivity index (χ1) is 36.0. The molecule has 428 valence electrons. The van der Waals surface area contributed by atoms with Crippen LogP contribution in [-0.2, 0) is 28.6 Å². The first-order valence-corrected chi connectivity index (χ1v) is 32.5. The van der Waals surface area contributed by atoms with Crippen LogP contribution < -0.4 is 0 Å². The minimum Gasteiger partial charge on any atom is -0.462 e. The first-order valence-electron chi connectivity index (χ1n) is 32.5. The van der Waals surface area contributed by atoms with Gasteiger partial charge in [-0.3, -0.25) is 14.4 Å². The fraction of sp³-hybridized carbons (Fsp3) is 0.866. The van der Waals surface area contributed by atoms with E-state index in [0.717, 1.165) is 64.2 Å². The van der Waals surface area contributed by atoms with Gasteiger partial charge in [0.05, 0.1) is 0 Å². The van der Waals surface area contributed by atoms with Gasteiger partial charge in [0.15, 0.2) is 6.10 Å². The highest BCUT2D eigenvalue weighted by Gasteiger charge is 2.19. The number of allylic oxidation sites excluding steroid dienone is 6. The molecule has 0 fully saturated rings. The molecule has 0 heterocycles. The van der Waals surface area contributed by atoms with Gasteiger partial charge >= 0.3 is 17.9 Å². The van der Waals surface area contributed by atoms with E-state index in [0.29, 0.717) is 19.3 Å². The summed E-state index contributed by atoms with van der Waals surface area (Å²) in [6.07, 6.45) is 75.8. The van der Waals surface area contributed by atoms with Crippen LogP contribution in [0.15, 0.2) is 36.5 Å². The molecule has 0 aromatic rings. The molecule has 0 N–H and O–H groups in total. The molecule has 0 aromatic heterocycles. The second-order valence-electron chi connectivity index (χ2n) is 22.0. The number of carbonyl (C=O) groups excluding carboxylic acids is 3. The Morgan fingerprint density at radius 1 is 0.274 bits per heavy atom. The molecule has 1 unspecified atom stereocenters. The third kappa shape index (κ3) is 60.4. The van der Waals surface area contributed by atoms with Crippen molar-refractivity contribution in [3.05, 3.63) is 36.5 Å². The summed E-state index contributed by atoms with van der Waals surface area (Å²) in [6.45, 7) is 6.68. The number of carbonyl (C=O) groups is 3. The highest BCUT2D eigenvalue weighted by molar-refractivity contribution is 5.71. The van der Waals surface area contributed by atoms with Crippen LogP contribution in [0.2, 0.25) is 0 Å². The molecule has 73 heavy (non-hydrogen) atoms. The zero-order valence-electron chi connectivity index (χ0n) is 49.2. The van der Waals surface area contributed by atoms with Gasteiger partial charge < -0.3 is 14.2 Å². The Balaban J connectivity index is 4.25. The molecule has 0 aliphatic heterocycles. The standard InChI is InChI=1S/C67H124O6/c1-4-7-10-13-16-19-22-25-27-29-30-31-32-33-34-35-36-38-39-42-45-48-51-54-57-60-66(69)72-63-64(62-71-65(68)59-56-53-50-47-44-41-24-21-18-15-12-9-6-3)73-67(70)61-58-55-52-49-46-43-40-37-28-26-23-20-17-14-11-8-5-2/h22,25-26,28-30,64H,4-21,23-24,27,31-63H2,1-3H3/b25-22-,28-26-,30-29-. The molecule has 0 amide bonds. The first kappa shape index (κ1) is 70.6. The zero-order valence-corrected chi connectivity index (χ0v) is 49.2. The van der Waals surface area contributed by atoms with Gasteiger partial charge in [-0.15, -0.1) is 0 Å². The normalized spacial score (nSPS) is 12.2. The van der Waals surface area contributed by atoms with Gasteiger partial charge in [0.2, 0.25) is 0 Å². The molecule has 0 rings (SSSR count). The Morgan fingerprint density at radius 3 is 0.767 bits per heavy atom. The maximum Gasteiger partial charge on any atom is 0.306 e. The van der Waals surface area contributed by atoms with Crippen molar-refractivity contribution in [2.24, 2.45) is 0 Å². The summed E-state index contributed by atoms with van der Waals surface area (Å²) in [4.78, 5) is 38.3. The van der Waals surface area contributed by atoms with E-state index in [1.807, 2.05) is 0 Å². The van der Waals surface area contributed by atoms with E-state index in [4.69, 9.17) is 14.2 Å².